The van der Waals surface area contributed by atoms with Crippen molar-refractivity contribution in [3.63, 3.8) is 0 Å². The van der Waals surface area contributed by atoms with Gasteiger partial charge in [0.25, 0.3) is 0 Å². The summed E-state index contributed by atoms with van der Waals surface area (Å²) in [6, 6.07) is 10.3. The van der Waals surface area contributed by atoms with Crippen molar-refractivity contribution in [2.45, 2.75) is 17.9 Å². The average Bonchev–Trinajstić information content (AvgIpc) is 2.59. The highest BCUT2D eigenvalue weighted by Gasteiger charge is 2.22. The lowest BCUT2D eigenvalue weighted by molar-refractivity contribution is -0.120. The first-order chi connectivity index (χ1) is 12.9. The Labute approximate surface area is 164 Å². The van der Waals surface area contributed by atoms with E-state index in [9.17, 15) is 26.0 Å². The van der Waals surface area contributed by atoms with Crippen LogP contribution >= 0.6 is 0 Å². The van der Waals surface area contributed by atoms with Crippen molar-refractivity contribution >= 4 is 31.5 Å². The molecule has 0 aromatic heterocycles. The van der Waals surface area contributed by atoms with E-state index in [4.69, 9.17) is 0 Å². The lowest BCUT2D eigenvalue weighted by Crippen LogP contribution is -2.41. The minimum absolute atomic E-state index is 0.161. The van der Waals surface area contributed by atoms with Crippen molar-refractivity contribution in [3.8, 4) is 0 Å². The number of nitrogens with zero attached hydrogens (tertiary/aromatic N) is 1. The smallest absolute Gasteiger partial charge is 0.241 e. The quantitative estimate of drug-likeness (QED) is 0.726. The summed E-state index contributed by atoms with van der Waals surface area (Å²) in [5, 5.41) is 2.67. The molecule has 0 unspecified atom stereocenters. The van der Waals surface area contributed by atoms with E-state index in [-0.39, 0.29) is 10.6 Å². The number of hydrogen-bond acceptors (Lipinski definition) is 5. The zero-order valence-corrected chi connectivity index (χ0v) is 17.2. The second kappa shape index (κ2) is 8.27. The van der Waals surface area contributed by atoms with Crippen LogP contribution in [0.5, 0.6) is 0 Å². The maximum Gasteiger partial charge on any atom is 0.241 e. The number of sulfonamides is 1. The molecule has 152 valence electrons. The Morgan fingerprint density at radius 3 is 2.00 bits per heavy atom. The second-order valence-corrected chi connectivity index (χ2v) is 10.3. The molecule has 1 amide bonds. The third-order valence-electron chi connectivity index (χ3n) is 3.99. The third-order valence-corrected chi connectivity index (χ3v) is 6.26. The van der Waals surface area contributed by atoms with Crippen LogP contribution in [0.4, 0.5) is 10.1 Å². The maximum atomic E-state index is 13.1. The molecule has 0 saturated heterocycles. The molecular weight excluding hydrogens is 407 g/mol. The molecule has 0 aliphatic heterocycles. The van der Waals surface area contributed by atoms with E-state index < -0.39 is 44.2 Å². The Hall–Kier alpha value is -2.46. The van der Waals surface area contributed by atoms with Gasteiger partial charge >= 0.3 is 0 Å². The number of halogens is 1. The molecule has 7 nitrogen and oxygen atoms in total. The highest BCUT2D eigenvalue weighted by Crippen LogP contribution is 2.19. The molecule has 0 saturated carbocycles. The monoisotopic (exact) mass is 428 g/mol. The van der Waals surface area contributed by atoms with E-state index in [0.717, 1.165) is 28.9 Å². The summed E-state index contributed by atoms with van der Waals surface area (Å²) >= 11 is 0. The van der Waals surface area contributed by atoms with Crippen molar-refractivity contribution in [1.29, 1.82) is 0 Å². The van der Waals surface area contributed by atoms with Crippen LogP contribution in [0.25, 0.3) is 0 Å². The Kier molecular flexibility index (Phi) is 6.45. The van der Waals surface area contributed by atoms with Gasteiger partial charge in [-0.2, -0.15) is 0 Å². The molecule has 2 rings (SSSR count). The molecule has 0 fully saturated rings. The van der Waals surface area contributed by atoms with Gasteiger partial charge in [-0.1, -0.05) is 12.1 Å². The molecule has 0 spiro atoms. The van der Waals surface area contributed by atoms with Gasteiger partial charge in [0.05, 0.1) is 22.9 Å². The number of sulfone groups is 1. The Morgan fingerprint density at radius 1 is 1.00 bits per heavy atom. The van der Waals surface area contributed by atoms with Gasteiger partial charge in [-0.05, 0) is 48.9 Å². The first-order valence-electron chi connectivity index (χ1n) is 8.20. The molecule has 2 aromatic rings. The molecular formula is C18H21FN2O5S2. The van der Waals surface area contributed by atoms with E-state index in [1.54, 1.807) is 19.1 Å². The summed E-state index contributed by atoms with van der Waals surface area (Å²) in [6.07, 6.45) is 2.05. The summed E-state index contributed by atoms with van der Waals surface area (Å²) in [5.74, 6) is -1.08. The summed E-state index contributed by atoms with van der Waals surface area (Å²) in [7, 11) is -7.09. The second-order valence-electron chi connectivity index (χ2n) is 6.38. The van der Waals surface area contributed by atoms with Crippen LogP contribution in [-0.2, 0) is 24.7 Å². The largest absolute Gasteiger partial charge is 0.348 e. The van der Waals surface area contributed by atoms with Crippen LogP contribution in [0.1, 0.15) is 18.5 Å². The first kappa shape index (κ1) is 21.8. The van der Waals surface area contributed by atoms with E-state index in [0.29, 0.717) is 5.56 Å². The van der Waals surface area contributed by atoms with E-state index in [2.05, 4.69) is 5.32 Å². The number of amides is 1. The highest BCUT2D eigenvalue weighted by atomic mass is 32.2. The van der Waals surface area contributed by atoms with Gasteiger partial charge < -0.3 is 5.32 Å². The molecule has 1 atom stereocenters. The number of carbonyl (C=O) groups is 1. The fourth-order valence-corrected chi connectivity index (χ4v) is 4.00. The molecule has 0 aliphatic rings. The van der Waals surface area contributed by atoms with Gasteiger partial charge in [-0.25, -0.2) is 21.2 Å². The van der Waals surface area contributed by atoms with Gasteiger partial charge in [0.1, 0.15) is 12.4 Å². The fourth-order valence-electron chi connectivity index (χ4n) is 2.51. The van der Waals surface area contributed by atoms with Crippen molar-refractivity contribution in [1.82, 2.24) is 5.32 Å². The Balaban J connectivity index is 2.13. The number of rotatable bonds is 7. The number of benzene rings is 2. The molecule has 2 aromatic carbocycles. The number of anilines is 1. The molecule has 0 radical (unpaired) electrons. The van der Waals surface area contributed by atoms with Crippen LogP contribution in [0.15, 0.2) is 53.4 Å². The van der Waals surface area contributed by atoms with Crippen molar-refractivity contribution < 1.29 is 26.0 Å². The third kappa shape index (κ3) is 5.77. The SMILES string of the molecule is C[C@H](NC(=O)CN(c1ccc(F)cc1)S(C)(=O)=O)c1ccc(S(C)(=O)=O)cc1. The predicted octanol–water partition coefficient (Wildman–Crippen LogP) is 1.87. The zero-order valence-electron chi connectivity index (χ0n) is 15.6. The number of nitrogens with one attached hydrogen (secondary N) is 1. The van der Waals surface area contributed by atoms with Crippen LogP contribution in [-0.4, -0.2) is 41.8 Å². The normalized spacial score (nSPS) is 13.0. The van der Waals surface area contributed by atoms with Gasteiger partial charge in [0, 0.05) is 6.26 Å². The minimum atomic E-state index is -3.76. The standard InChI is InChI=1S/C18H21FN2O5S2/c1-13(14-4-10-17(11-5-14)27(2,23)24)20-18(22)12-21(28(3,25)26)16-8-6-15(19)7-9-16/h4-11,13H,12H2,1-3H3,(H,20,22)/t13-/m0/s1. The van der Waals surface area contributed by atoms with Crippen molar-refractivity contribution in [2.24, 2.45) is 0 Å². The lowest BCUT2D eigenvalue weighted by Gasteiger charge is -2.23. The van der Waals surface area contributed by atoms with Crippen molar-refractivity contribution in [2.75, 3.05) is 23.4 Å². The maximum absolute atomic E-state index is 13.1. The van der Waals surface area contributed by atoms with Crippen LogP contribution in [0.2, 0.25) is 0 Å². The summed E-state index contributed by atoms with van der Waals surface area (Å²) < 4.78 is 61.0. The van der Waals surface area contributed by atoms with E-state index in [1.165, 1.54) is 24.3 Å². The van der Waals surface area contributed by atoms with E-state index in [1.807, 2.05) is 0 Å². The van der Waals surface area contributed by atoms with Crippen LogP contribution < -0.4 is 9.62 Å². The van der Waals surface area contributed by atoms with Gasteiger partial charge in [0.15, 0.2) is 9.84 Å². The molecule has 1 N–H and O–H groups in total. The molecule has 10 heteroatoms. The topological polar surface area (TPSA) is 101 Å². The van der Waals surface area contributed by atoms with Crippen molar-refractivity contribution in [3.05, 3.63) is 59.9 Å². The van der Waals surface area contributed by atoms with Crippen LogP contribution in [0, 0.1) is 5.82 Å². The lowest BCUT2D eigenvalue weighted by atomic mass is 10.1. The van der Waals surface area contributed by atoms with Crippen LogP contribution in [0.3, 0.4) is 0 Å². The Bertz CT molecular complexity index is 1050. The van der Waals surface area contributed by atoms with Gasteiger partial charge in [-0.15, -0.1) is 0 Å². The number of hydrogen-bond donors (Lipinski definition) is 1. The molecule has 28 heavy (non-hydrogen) atoms. The van der Waals surface area contributed by atoms with Gasteiger partial charge in [-0.3, -0.25) is 9.10 Å². The summed E-state index contributed by atoms with van der Waals surface area (Å²) in [6.45, 7) is 1.21. The highest BCUT2D eigenvalue weighted by molar-refractivity contribution is 7.92. The van der Waals surface area contributed by atoms with E-state index >= 15 is 0 Å². The Morgan fingerprint density at radius 2 is 1.54 bits per heavy atom. The molecule has 0 aliphatic carbocycles. The molecule has 0 bridgehead atoms. The molecule has 0 heterocycles. The number of carbonyl (C=O) groups excluding carboxylic acids is 1. The fraction of sp³-hybridized carbons (Fsp3) is 0.278. The minimum Gasteiger partial charge on any atom is -0.348 e. The summed E-state index contributed by atoms with van der Waals surface area (Å²) in [5.41, 5.74) is 0.831. The first-order valence-corrected chi connectivity index (χ1v) is 11.9. The predicted molar refractivity (Wildman–Crippen MR) is 105 cm³/mol. The average molecular weight is 429 g/mol. The zero-order chi connectivity index (χ0) is 21.1. The van der Waals surface area contributed by atoms with Gasteiger partial charge in [0.2, 0.25) is 15.9 Å². The summed E-state index contributed by atoms with van der Waals surface area (Å²) in [4.78, 5) is 12.5.